The summed E-state index contributed by atoms with van der Waals surface area (Å²) in [5.74, 6) is -1.34. The first-order valence-corrected chi connectivity index (χ1v) is 6.46. The van der Waals surface area contributed by atoms with E-state index in [4.69, 9.17) is 9.84 Å². The molecule has 7 heteroatoms. The fraction of sp³-hybridized carbons (Fsp3) is 0.357. The van der Waals surface area contributed by atoms with Crippen molar-refractivity contribution in [1.29, 1.82) is 0 Å². The molecule has 0 heterocycles. The molecule has 3 N–H and O–H groups in total. The Morgan fingerprint density at radius 2 is 1.67 bits per heavy atom. The average Bonchev–Trinajstić information content (AvgIpc) is 2.44. The topological polar surface area (TPSA) is 105 Å². The van der Waals surface area contributed by atoms with Crippen LogP contribution in [0.4, 0.5) is 0 Å². The lowest BCUT2D eigenvalue weighted by Gasteiger charge is -2.08. The number of nitrogens with one attached hydrogen (secondary N) is 2. The highest BCUT2D eigenvalue weighted by molar-refractivity contribution is 5.82. The predicted molar refractivity (Wildman–Crippen MR) is 74.4 cm³/mol. The van der Waals surface area contributed by atoms with Crippen molar-refractivity contribution >= 4 is 17.8 Å². The monoisotopic (exact) mass is 294 g/mol. The maximum absolute atomic E-state index is 11.4. The van der Waals surface area contributed by atoms with Gasteiger partial charge in [-0.15, -0.1) is 0 Å². The molecular weight excluding hydrogens is 276 g/mol. The van der Waals surface area contributed by atoms with Crippen molar-refractivity contribution in [2.75, 3.05) is 6.61 Å². The van der Waals surface area contributed by atoms with E-state index in [9.17, 15) is 14.4 Å². The molecule has 114 valence electrons. The molecule has 7 nitrogen and oxygen atoms in total. The van der Waals surface area contributed by atoms with Crippen LogP contribution in [0.5, 0.6) is 5.75 Å². The van der Waals surface area contributed by atoms with Gasteiger partial charge in [-0.3, -0.25) is 25.2 Å². The molecule has 0 radical (unpaired) electrons. The van der Waals surface area contributed by atoms with Gasteiger partial charge in [-0.25, -0.2) is 0 Å². The van der Waals surface area contributed by atoms with Crippen LogP contribution in [0, 0.1) is 6.92 Å². The molecule has 0 unspecified atom stereocenters. The number of hydrazine groups is 1. The Labute approximate surface area is 122 Å². The van der Waals surface area contributed by atoms with Crippen LogP contribution in [-0.2, 0) is 14.4 Å². The van der Waals surface area contributed by atoms with Crippen molar-refractivity contribution in [2.45, 2.75) is 26.2 Å². The highest BCUT2D eigenvalue weighted by atomic mass is 16.5. The van der Waals surface area contributed by atoms with Gasteiger partial charge >= 0.3 is 5.97 Å². The number of carbonyl (C=O) groups excluding carboxylic acids is 2. The van der Waals surface area contributed by atoms with E-state index in [1.807, 2.05) is 19.1 Å². The van der Waals surface area contributed by atoms with E-state index in [1.165, 1.54) is 0 Å². The van der Waals surface area contributed by atoms with Gasteiger partial charge in [-0.05, 0) is 25.5 Å². The van der Waals surface area contributed by atoms with Gasteiger partial charge in [0.1, 0.15) is 5.75 Å². The second kappa shape index (κ2) is 8.57. The number of carbonyl (C=O) groups is 3. The first-order valence-electron chi connectivity index (χ1n) is 6.46. The number of hydrogen-bond acceptors (Lipinski definition) is 4. The summed E-state index contributed by atoms with van der Waals surface area (Å²) >= 11 is 0. The minimum Gasteiger partial charge on any atom is -0.484 e. The SMILES string of the molecule is Cc1ccc(OCC(=O)NNC(=O)CCCC(=O)O)cc1. The van der Waals surface area contributed by atoms with Crippen molar-refractivity contribution in [1.82, 2.24) is 10.9 Å². The van der Waals surface area contributed by atoms with Crippen LogP contribution in [-0.4, -0.2) is 29.5 Å². The second-order valence-electron chi connectivity index (χ2n) is 4.45. The van der Waals surface area contributed by atoms with Crippen LogP contribution >= 0.6 is 0 Å². The number of hydrogen-bond donors (Lipinski definition) is 3. The highest BCUT2D eigenvalue weighted by Crippen LogP contribution is 2.10. The maximum Gasteiger partial charge on any atom is 0.303 e. The van der Waals surface area contributed by atoms with Gasteiger partial charge < -0.3 is 9.84 Å². The van der Waals surface area contributed by atoms with E-state index >= 15 is 0 Å². The van der Waals surface area contributed by atoms with Crippen LogP contribution in [0.15, 0.2) is 24.3 Å². The van der Waals surface area contributed by atoms with E-state index in [0.717, 1.165) is 5.56 Å². The number of carboxylic acid groups (broad SMARTS) is 1. The Kier molecular flexibility index (Phi) is 6.73. The van der Waals surface area contributed by atoms with E-state index in [-0.39, 0.29) is 25.9 Å². The summed E-state index contributed by atoms with van der Waals surface area (Å²) in [6.45, 7) is 1.72. The molecule has 21 heavy (non-hydrogen) atoms. The first kappa shape index (κ1) is 16.5. The summed E-state index contributed by atoms with van der Waals surface area (Å²) in [7, 11) is 0. The molecule has 0 saturated carbocycles. The Morgan fingerprint density at radius 1 is 1.05 bits per heavy atom. The molecule has 0 saturated heterocycles. The lowest BCUT2D eigenvalue weighted by molar-refractivity contribution is -0.137. The zero-order valence-electron chi connectivity index (χ0n) is 11.7. The minimum atomic E-state index is -0.960. The smallest absolute Gasteiger partial charge is 0.303 e. The van der Waals surface area contributed by atoms with Gasteiger partial charge in [0.15, 0.2) is 6.61 Å². The molecule has 0 aliphatic carbocycles. The van der Waals surface area contributed by atoms with E-state index < -0.39 is 17.8 Å². The van der Waals surface area contributed by atoms with Gasteiger partial charge in [-0.2, -0.15) is 0 Å². The van der Waals surface area contributed by atoms with Gasteiger partial charge in [0.2, 0.25) is 5.91 Å². The van der Waals surface area contributed by atoms with Crippen molar-refractivity contribution < 1.29 is 24.2 Å². The van der Waals surface area contributed by atoms with Crippen molar-refractivity contribution in [2.24, 2.45) is 0 Å². The van der Waals surface area contributed by atoms with Crippen LogP contribution in [0.25, 0.3) is 0 Å². The Bertz CT molecular complexity index is 499. The molecule has 1 aromatic rings. The van der Waals surface area contributed by atoms with Gasteiger partial charge in [0, 0.05) is 12.8 Å². The molecule has 0 atom stereocenters. The van der Waals surface area contributed by atoms with E-state index in [1.54, 1.807) is 12.1 Å². The number of aliphatic carboxylic acids is 1. The zero-order valence-corrected chi connectivity index (χ0v) is 11.7. The molecule has 0 aliphatic rings. The van der Waals surface area contributed by atoms with Gasteiger partial charge in [0.25, 0.3) is 5.91 Å². The number of ether oxygens (including phenoxy) is 1. The van der Waals surface area contributed by atoms with Crippen molar-refractivity contribution in [3.05, 3.63) is 29.8 Å². The molecule has 0 fully saturated rings. The predicted octanol–water partition coefficient (Wildman–Crippen LogP) is 0.776. The summed E-state index contributed by atoms with van der Waals surface area (Å²) in [5.41, 5.74) is 5.47. The summed E-state index contributed by atoms with van der Waals surface area (Å²) in [6.07, 6.45) is 0.167. The van der Waals surface area contributed by atoms with Gasteiger partial charge in [0.05, 0.1) is 0 Å². The molecule has 0 bridgehead atoms. The van der Waals surface area contributed by atoms with Crippen LogP contribution in [0.3, 0.4) is 0 Å². The normalized spacial score (nSPS) is 9.76. The average molecular weight is 294 g/mol. The third-order valence-electron chi connectivity index (χ3n) is 2.53. The standard InChI is InChI=1S/C14H18N2O5/c1-10-5-7-11(8-6-10)21-9-13(18)16-15-12(17)3-2-4-14(19)20/h5-8H,2-4,9H2,1H3,(H,15,17)(H,16,18)(H,19,20). The number of amides is 2. The van der Waals surface area contributed by atoms with Crippen LogP contribution in [0.2, 0.25) is 0 Å². The fourth-order valence-corrected chi connectivity index (χ4v) is 1.42. The first-order chi connectivity index (χ1) is 9.97. The lowest BCUT2D eigenvalue weighted by Crippen LogP contribution is -2.43. The minimum absolute atomic E-state index is 0.0331. The molecule has 2 amide bonds. The Morgan fingerprint density at radius 3 is 2.29 bits per heavy atom. The fourth-order valence-electron chi connectivity index (χ4n) is 1.42. The number of rotatable bonds is 7. The van der Waals surface area contributed by atoms with E-state index in [0.29, 0.717) is 5.75 Å². The van der Waals surface area contributed by atoms with E-state index in [2.05, 4.69) is 10.9 Å². The summed E-state index contributed by atoms with van der Waals surface area (Å²) in [4.78, 5) is 33.0. The molecule has 0 spiro atoms. The zero-order chi connectivity index (χ0) is 15.7. The third-order valence-corrected chi connectivity index (χ3v) is 2.53. The maximum atomic E-state index is 11.4. The lowest BCUT2D eigenvalue weighted by atomic mass is 10.2. The van der Waals surface area contributed by atoms with Crippen molar-refractivity contribution in [3.8, 4) is 5.75 Å². The molecular formula is C14H18N2O5. The van der Waals surface area contributed by atoms with Crippen LogP contribution < -0.4 is 15.6 Å². The molecule has 0 aliphatic heterocycles. The third kappa shape index (κ3) is 7.56. The molecule has 0 aromatic heterocycles. The molecule has 1 aromatic carbocycles. The second-order valence-corrected chi connectivity index (χ2v) is 4.45. The number of carboxylic acids is 1. The summed E-state index contributed by atoms with van der Waals surface area (Å²) < 4.78 is 5.23. The molecule has 1 rings (SSSR count). The van der Waals surface area contributed by atoms with Gasteiger partial charge in [-0.1, -0.05) is 17.7 Å². The Balaban J connectivity index is 2.17. The Hall–Kier alpha value is -2.57. The van der Waals surface area contributed by atoms with Crippen LogP contribution in [0.1, 0.15) is 24.8 Å². The van der Waals surface area contributed by atoms with Crippen molar-refractivity contribution in [3.63, 3.8) is 0 Å². The quantitative estimate of drug-likeness (QED) is 0.644. The number of aryl methyl sites for hydroxylation is 1. The highest BCUT2D eigenvalue weighted by Gasteiger charge is 2.06. The summed E-state index contributed by atoms with van der Waals surface area (Å²) in [5, 5.41) is 8.42. The summed E-state index contributed by atoms with van der Waals surface area (Å²) in [6, 6.07) is 7.20. The largest absolute Gasteiger partial charge is 0.484 e. The number of benzene rings is 1.